The molecule has 0 bridgehead atoms. The number of benzene rings is 1. The Bertz CT molecular complexity index is 792. The maximum absolute atomic E-state index is 13.4. The van der Waals surface area contributed by atoms with E-state index in [0.717, 1.165) is 11.1 Å². The van der Waals surface area contributed by atoms with E-state index in [2.05, 4.69) is 23.8 Å². The molecule has 0 spiro atoms. The molecule has 3 rings (SSSR count). The maximum Gasteiger partial charge on any atom is 0.236 e. The topological polar surface area (TPSA) is 50.6 Å². The summed E-state index contributed by atoms with van der Waals surface area (Å²) in [5.74, 6) is 0.240. The molecule has 0 radical (unpaired) electrons. The van der Waals surface area contributed by atoms with E-state index in [1.165, 1.54) is 12.1 Å². The van der Waals surface area contributed by atoms with Crippen molar-refractivity contribution in [2.45, 2.75) is 33.1 Å². The molecule has 1 aromatic carbocycles. The Balaban J connectivity index is 1.69. The number of halogens is 1. The number of hydrogen-bond donors (Lipinski definition) is 0. The summed E-state index contributed by atoms with van der Waals surface area (Å²) in [5.41, 5.74) is 1.86. The van der Waals surface area contributed by atoms with Crippen molar-refractivity contribution >= 4 is 5.91 Å². The molecule has 0 aliphatic carbocycles. The average Bonchev–Trinajstić information content (AvgIpc) is 2.96. The van der Waals surface area contributed by atoms with Gasteiger partial charge in [0.05, 0.1) is 25.5 Å². The van der Waals surface area contributed by atoms with Crippen LogP contribution in [0, 0.1) is 11.7 Å². The number of ether oxygens (including phenoxy) is 1. The van der Waals surface area contributed by atoms with Crippen LogP contribution in [0.15, 0.2) is 36.7 Å². The second kappa shape index (κ2) is 9.30. The molecule has 1 unspecified atom stereocenters. The van der Waals surface area contributed by atoms with Gasteiger partial charge in [-0.3, -0.25) is 14.4 Å². The van der Waals surface area contributed by atoms with Crippen LogP contribution in [0.5, 0.6) is 0 Å². The van der Waals surface area contributed by atoms with Gasteiger partial charge in [-0.2, -0.15) is 5.10 Å². The highest BCUT2D eigenvalue weighted by molar-refractivity contribution is 5.78. The summed E-state index contributed by atoms with van der Waals surface area (Å²) in [6.45, 7) is 7.45. The lowest BCUT2D eigenvalue weighted by Crippen LogP contribution is -2.40. The molecule has 0 saturated carbocycles. The summed E-state index contributed by atoms with van der Waals surface area (Å²) >= 11 is 0. The van der Waals surface area contributed by atoms with Gasteiger partial charge in [0.1, 0.15) is 5.82 Å². The third-order valence-electron chi connectivity index (χ3n) is 4.72. The van der Waals surface area contributed by atoms with E-state index >= 15 is 0 Å². The molecule has 28 heavy (non-hydrogen) atoms. The number of aromatic nitrogens is 2. The van der Waals surface area contributed by atoms with Crippen LogP contribution in [0.1, 0.15) is 25.0 Å². The van der Waals surface area contributed by atoms with Gasteiger partial charge < -0.3 is 9.64 Å². The average molecular weight is 388 g/mol. The fraction of sp³-hybridized carbons (Fsp3) is 0.524. The zero-order chi connectivity index (χ0) is 20.1. The van der Waals surface area contributed by atoms with E-state index < -0.39 is 0 Å². The normalized spacial score (nSPS) is 18.7. The van der Waals surface area contributed by atoms with Crippen LogP contribution in [0.25, 0.3) is 0 Å². The van der Waals surface area contributed by atoms with Crippen molar-refractivity contribution in [3.63, 3.8) is 0 Å². The minimum atomic E-state index is -0.267. The second-order valence-corrected chi connectivity index (χ2v) is 7.95. The lowest BCUT2D eigenvalue weighted by Gasteiger charge is -2.26. The molecule has 1 fully saturated rings. The fourth-order valence-electron chi connectivity index (χ4n) is 3.54. The van der Waals surface area contributed by atoms with E-state index in [0.29, 0.717) is 45.2 Å². The highest BCUT2D eigenvalue weighted by Gasteiger charge is 2.29. The lowest BCUT2D eigenvalue weighted by atomic mass is 10.2. The SMILES string of the molecule is CC(C)CN1CC(OCc2cccc(F)c2)CN(Cc2cnn(C)c2)CC1=O. The predicted molar refractivity (Wildman–Crippen MR) is 105 cm³/mol. The lowest BCUT2D eigenvalue weighted by molar-refractivity contribution is -0.132. The number of carbonyl (C=O) groups excluding carboxylic acids is 1. The molecule has 1 saturated heterocycles. The van der Waals surface area contributed by atoms with Crippen molar-refractivity contribution in [1.29, 1.82) is 0 Å². The number of amides is 1. The molecule has 1 aromatic heterocycles. The molecule has 1 atom stereocenters. The molecule has 1 aliphatic heterocycles. The van der Waals surface area contributed by atoms with Gasteiger partial charge in [0, 0.05) is 45.0 Å². The van der Waals surface area contributed by atoms with Gasteiger partial charge in [-0.15, -0.1) is 0 Å². The standard InChI is InChI=1S/C21H29FN4O2/c1-16(2)9-26-13-20(28-15-17-5-4-6-19(22)7-17)12-25(14-21(26)27)11-18-8-23-24(3)10-18/h4-8,10,16,20H,9,11-15H2,1-3H3. The van der Waals surface area contributed by atoms with Gasteiger partial charge in [0.15, 0.2) is 0 Å². The molecular weight excluding hydrogens is 359 g/mol. The van der Waals surface area contributed by atoms with Crippen LogP contribution < -0.4 is 0 Å². The third kappa shape index (κ3) is 5.87. The van der Waals surface area contributed by atoms with Gasteiger partial charge in [-0.25, -0.2) is 4.39 Å². The number of carbonyl (C=O) groups is 1. The molecule has 2 aromatic rings. The molecular formula is C21H29FN4O2. The number of rotatable bonds is 7. The monoisotopic (exact) mass is 388 g/mol. The van der Waals surface area contributed by atoms with E-state index in [-0.39, 0.29) is 17.8 Å². The van der Waals surface area contributed by atoms with Crippen molar-refractivity contribution in [3.05, 3.63) is 53.6 Å². The highest BCUT2D eigenvalue weighted by atomic mass is 19.1. The first-order chi connectivity index (χ1) is 13.4. The first kappa shape index (κ1) is 20.5. The Kier molecular flexibility index (Phi) is 6.80. The summed E-state index contributed by atoms with van der Waals surface area (Å²) in [6, 6.07) is 6.45. The number of hydrogen-bond acceptors (Lipinski definition) is 4. The molecule has 0 N–H and O–H groups in total. The fourth-order valence-corrected chi connectivity index (χ4v) is 3.54. The minimum Gasteiger partial charge on any atom is -0.370 e. The van der Waals surface area contributed by atoms with Crippen LogP contribution in [0.3, 0.4) is 0 Å². The summed E-state index contributed by atoms with van der Waals surface area (Å²) < 4.78 is 21.3. The Morgan fingerprint density at radius 3 is 2.79 bits per heavy atom. The molecule has 6 nitrogen and oxygen atoms in total. The molecule has 7 heteroatoms. The Morgan fingerprint density at radius 2 is 2.11 bits per heavy atom. The summed E-state index contributed by atoms with van der Waals surface area (Å²) in [5, 5.41) is 4.21. The summed E-state index contributed by atoms with van der Waals surface area (Å²) in [7, 11) is 1.88. The Morgan fingerprint density at radius 1 is 1.29 bits per heavy atom. The van der Waals surface area contributed by atoms with Crippen LogP contribution in [-0.4, -0.2) is 57.8 Å². The van der Waals surface area contributed by atoms with Crippen LogP contribution in [-0.2, 0) is 29.7 Å². The molecule has 1 aliphatic rings. The van der Waals surface area contributed by atoms with Crippen molar-refractivity contribution < 1.29 is 13.9 Å². The van der Waals surface area contributed by atoms with Crippen molar-refractivity contribution in [2.24, 2.45) is 13.0 Å². The summed E-state index contributed by atoms with van der Waals surface area (Å²) in [6.07, 6.45) is 3.65. The van der Waals surface area contributed by atoms with Crippen LogP contribution in [0.2, 0.25) is 0 Å². The number of aryl methyl sites for hydroxylation is 1. The minimum absolute atomic E-state index is 0.120. The van der Waals surface area contributed by atoms with E-state index in [4.69, 9.17) is 4.74 Å². The van der Waals surface area contributed by atoms with Gasteiger partial charge in [-0.05, 0) is 23.6 Å². The molecule has 152 valence electrons. The van der Waals surface area contributed by atoms with Crippen LogP contribution in [0.4, 0.5) is 4.39 Å². The second-order valence-electron chi connectivity index (χ2n) is 7.95. The van der Waals surface area contributed by atoms with Crippen molar-refractivity contribution in [2.75, 3.05) is 26.2 Å². The highest BCUT2D eigenvalue weighted by Crippen LogP contribution is 2.15. The zero-order valence-electron chi connectivity index (χ0n) is 16.8. The van der Waals surface area contributed by atoms with E-state index in [1.807, 2.05) is 30.4 Å². The Hall–Kier alpha value is -2.25. The summed E-state index contributed by atoms with van der Waals surface area (Å²) in [4.78, 5) is 16.8. The molecule has 2 heterocycles. The van der Waals surface area contributed by atoms with Crippen molar-refractivity contribution in [1.82, 2.24) is 19.6 Å². The predicted octanol–water partition coefficient (Wildman–Crippen LogP) is 2.44. The molecule has 1 amide bonds. The van der Waals surface area contributed by atoms with Crippen molar-refractivity contribution in [3.8, 4) is 0 Å². The smallest absolute Gasteiger partial charge is 0.236 e. The van der Waals surface area contributed by atoms with Gasteiger partial charge >= 0.3 is 0 Å². The maximum atomic E-state index is 13.4. The largest absolute Gasteiger partial charge is 0.370 e. The quantitative estimate of drug-likeness (QED) is 0.731. The van der Waals surface area contributed by atoms with Gasteiger partial charge in [-0.1, -0.05) is 26.0 Å². The van der Waals surface area contributed by atoms with Crippen LogP contribution >= 0.6 is 0 Å². The van der Waals surface area contributed by atoms with Gasteiger partial charge in [0.2, 0.25) is 5.91 Å². The van der Waals surface area contributed by atoms with E-state index in [1.54, 1.807) is 10.7 Å². The van der Waals surface area contributed by atoms with Gasteiger partial charge in [0.25, 0.3) is 0 Å². The first-order valence-corrected chi connectivity index (χ1v) is 9.72. The zero-order valence-corrected chi connectivity index (χ0v) is 16.8. The Labute approximate surface area is 165 Å². The third-order valence-corrected chi connectivity index (χ3v) is 4.72. The number of nitrogens with zero attached hydrogens (tertiary/aromatic N) is 4. The van der Waals surface area contributed by atoms with E-state index in [9.17, 15) is 9.18 Å². The first-order valence-electron chi connectivity index (χ1n) is 9.72.